The molecule has 6 heteroatoms. The quantitative estimate of drug-likeness (QED) is 0.788. The Labute approximate surface area is 80.3 Å². The van der Waals surface area contributed by atoms with Crippen molar-refractivity contribution in [1.82, 2.24) is 9.97 Å². The lowest BCUT2D eigenvalue weighted by atomic mass is 10.6. The van der Waals surface area contributed by atoms with E-state index in [-0.39, 0.29) is 5.95 Å². The molecule has 0 spiro atoms. The predicted molar refractivity (Wildman–Crippen MR) is 47.7 cm³/mol. The SMILES string of the molecule is CCOc1ccnc(NCC(F)F)n1. The number of nitrogens with zero attached hydrogens (tertiary/aromatic N) is 2. The van der Waals surface area contributed by atoms with Crippen LogP contribution in [0.5, 0.6) is 5.88 Å². The molecule has 1 aromatic heterocycles. The molecule has 1 rings (SSSR count). The Morgan fingerprint density at radius 1 is 1.57 bits per heavy atom. The molecule has 1 heterocycles. The molecular weight excluding hydrogens is 192 g/mol. The van der Waals surface area contributed by atoms with E-state index in [0.717, 1.165) is 0 Å². The highest BCUT2D eigenvalue weighted by Crippen LogP contribution is 2.08. The van der Waals surface area contributed by atoms with Gasteiger partial charge in [-0.2, -0.15) is 4.98 Å². The third kappa shape index (κ3) is 3.51. The second-order valence-corrected chi connectivity index (χ2v) is 2.42. The number of anilines is 1. The standard InChI is InChI=1S/C8H11F2N3O/c1-2-14-7-3-4-11-8(13-7)12-5-6(9)10/h3-4,6H,2,5H2,1H3,(H,11,12,13). The van der Waals surface area contributed by atoms with Crippen LogP contribution in [0.2, 0.25) is 0 Å². The van der Waals surface area contributed by atoms with Crippen LogP contribution in [0.25, 0.3) is 0 Å². The zero-order valence-corrected chi connectivity index (χ0v) is 7.70. The summed E-state index contributed by atoms with van der Waals surface area (Å²) < 4.78 is 28.7. The van der Waals surface area contributed by atoms with E-state index in [1.165, 1.54) is 6.20 Å². The molecule has 0 fully saturated rings. The summed E-state index contributed by atoms with van der Waals surface area (Å²) >= 11 is 0. The fourth-order valence-corrected chi connectivity index (χ4v) is 0.824. The van der Waals surface area contributed by atoms with Gasteiger partial charge in [0.05, 0.1) is 13.2 Å². The third-order valence-corrected chi connectivity index (χ3v) is 1.34. The first-order valence-corrected chi connectivity index (χ1v) is 4.20. The largest absolute Gasteiger partial charge is 0.478 e. The summed E-state index contributed by atoms with van der Waals surface area (Å²) in [4.78, 5) is 7.61. The van der Waals surface area contributed by atoms with Gasteiger partial charge < -0.3 is 10.1 Å². The van der Waals surface area contributed by atoms with Crippen LogP contribution in [-0.4, -0.2) is 29.5 Å². The molecule has 4 nitrogen and oxygen atoms in total. The summed E-state index contributed by atoms with van der Waals surface area (Å²) in [6, 6.07) is 1.57. The molecule has 0 saturated carbocycles. The van der Waals surface area contributed by atoms with Gasteiger partial charge in [0.15, 0.2) is 0 Å². The summed E-state index contributed by atoms with van der Waals surface area (Å²) in [5, 5.41) is 2.39. The number of nitrogens with one attached hydrogen (secondary N) is 1. The van der Waals surface area contributed by atoms with Crippen LogP contribution in [-0.2, 0) is 0 Å². The molecule has 0 aliphatic rings. The van der Waals surface area contributed by atoms with Crippen molar-refractivity contribution in [2.45, 2.75) is 13.3 Å². The van der Waals surface area contributed by atoms with Crippen molar-refractivity contribution in [2.24, 2.45) is 0 Å². The van der Waals surface area contributed by atoms with Crippen molar-refractivity contribution in [3.8, 4) is 5.88 Å². The molecule has 0 radical (unpaired) electrons. The molecule has 78 valence electrons. The number of halogens is 2. The highest BCUT2D eigenvalue weighted by atomic mass is 19.3. The van der Waals surface area contributed by atoms with Crippen LogP contribution in [0.3, 0.4) is 0 Å². The van der Waals surface area contributed by atoms with Gasteiger partial charge in [0.25, 0.3) is 6.43 Å². The lowest BCUT2D eigenvalue weighted by Crippen LogP contribution is -2.12. The van der Waals surface area contributed by atoms with Crippen molar-refractivity contribution in [3.05, 3.63) is 12.3 Å². The Kier molecular flexibility index (Phi) is 4.03. The van der Waals surface area contributed by atoms with Gasteiger partial charge in [0, 0.05) is 12.3 Å². The minimum absolute atomic E-state index is 0.149. The summed E-state index contributed by atoms with van der Waals surface area (Å²) in [6.07, 6.45) is -0.972. The minimum atomic E-state index is -2.42. The average Bonchev–Trinajstić information content (AvgIpc) is 2.16. The normalized spacial score (nSPS) is 10.3. The van der Waals surface area contributed by atoms with Crippen LogP contribution < -0.4 is 10.1 Å². The van der Waals surface area contributed by atoms with Gasteiger partial charge in [-0.3, -0.25) is 0 Å². The van der Waals surface area contributed by atoms with Gasteiger partial charge in [-0.1, -0.05) is 0 Å². The fourth-order valence-electron chi connectivity index (χ4n) is 0.824. The van der Waals surface area contributed by atoms with E-state index in [1.807, 2.05) is 6.92 Å². The number of hydrogen-bond acceptors (Lipinski definition) is 4. The van der Waals surface area contributed by atoms with Crippen LogP contribution in [0, 0.1) is 0 Å². The van der Waals surface area contributed by atoms with E-state index in [9.17, 15) is 8.78 Å². The molecule has 1 N–H and O–H groups in total. The van der Waals surface area contributed by atoms with Gasteiger partial charge in [0.2, 0.25) is 11.8 Å². The molecule has 0 saturated heterocycles. The molecule has 0 amide bonds. The van der Waals surface area contributed by atoms with Gasteiger partial charge in [-0.25, -0.2) is 13.8 Å². The maximum atomic E-state index is 11.8. The van der Waals surface area contributed by atoms with E-state index in [4.69, 9.17) is 4.74 Å². The zero-order valence-electron chi connectivity index (χ0n) is 7.70. The molecule has 0 aliphatic carbocycles. The van der Waals surface area contributed by atoms with Gasteiger partial charge in [-0.05, 0) is 6.92 Å². The maximum absolute atomic E-state index is 11.8. The monoisotopic (exact) mass is 203 g/mol. The summed E-state index contributed by atoms with van der Waals surface area (Å²) in [6.45, 7) is 1.83. The number of hydrogen-bond donors (Lipinski definition) is 1. The average molecular weight is 203 g/mol. The molecule has 14 heavy (non-hydrogen) atoms. The van der Waals surface area contributed by atoms with E-state index in [1.54, 1.807) is 6.07 Å². The van der Waals surface area contributed by atoms with E-state index >= 15 is 0 Å². The van der Waals surface area contributed by atoms with Crippen molar-refractivity contribution in [3.63, 3.8) is 0 Å². The van der Waals surface area contributed by atoms with Crippen LogP contribution in [0.15, 0.2) is 12.3 Å². The van der Waals surface area contributed by atoms with Gasteiger partial charge in [-0.15, -0.1) is 0 Å². The number of alkyl halides is 2. The molecule has 0 bridgehead atoms. The van der Waals surface area contributed by atoms with Gasteiger partial charge >= 0.3 is 0 Å². The fraction of sp³-hybridized carbons (Fsp3) is 0.500. The second kappa shape index (κ2) is 5.31. The molecule has 0 aliphatic heterocycles. The molecule has 0 unspecified atom stereocenters. The first-order chi connectivity index (χ1) is 6.72. The first-order valence-electron chi connectivity index (χ1n) is 4.20. The Morgan fingerprint density at radius 3 is 3.00 bits per heavy atom. The zero-order chi connectivity index (χ0) is 10.4. The summed E-state index contributed by atoms with van der Waals surface area (Å²) in [5.41, 5.74) is 0. The van der Waals surface area contributed by atoms with Gasteiger partial charge in [0.1, 0.15) is 0 Å². The first kappa shape index (κ1) is 10.6. The summed E-state index contributed by atoms with van der Waals surface area (Å²) in [5.74, 6) is 0.524. The van der Waals surface area contributed by atoms with Crippen molar-refractivity contribution >= 4 is 5.95 Å². The van der Waals surface area contributed by atoms with Crippen molar-refractivity contribution in [2.75, 3.05) is 18.5 Å². The van der Waals surface area contributed by atoms with Crippen molar-refractivity contribution < 1.29 is 13.5 Å². The Morgan fingerprint density at radius 2 is 2.36 bits per heavy atom. The molecule has 1 aromatic rings. The Bertz CT molecular complexity index is 283. The predicted octanol–water partition coefficient (Wildman–Crippen LogP) is 1.55. The van der Waals surface area contributed by atoms with Crippen LogP contribution in [0.1, 0.15) is 6.92 Å². The lowest BCUT2D eigenvalue weighted by Gasteiger charge is -2.05. The number of ether oxygens (including phenoxy) is 1. The molecular formula is C8H11F2N3O. The van der Waals surface area contributed by atoms with Crippen LogP contribution in [0.4, 0.5) is 14.7 Å². The maximum Gasteiger partial charge on any atom is 0.255 e. The molecule has 0 aromatic carbocycles. The highest BCUT2D eigenvalue weighted by molar-refractivity contribution is 5.27. The van der Waals surface area contributed by atoms with E-state index in [0.29, 0.717) is 12.5 Å². The number of rotatable bonds is 5. The Hall–Kier alpha value is -1.46. The topological polar surface area (TPSA) is 47.0 Å². The minimum Gasteiger partial charge on any atom is -0.478 e. The molecule has 0 atom stereocenters. The smallest absolute Gasteiger partial charge is 0.255 e. The van der Waals surface area contributed by atoms with Crippen LogP contribution >= 0.6 is 0 Å². The summed E-state index contributed by atoms with van der Waals surface area (Å²) in [7, 11) is 0. The van der Waals surface area contributed by atoms with Crippen molar-refractivity contribution in [1.29, 1.82) is 0 Å². The Balaban J connectivity index is 2.54. The van der Waals surface area contributed by atoms with E-state index in [2.05, 4.69) is 15.3 Å². The highest BCUT2D eigenvalue weighted by Gasteiger charge is 2.03. The van der Waals surface area contributed by atoms with E-state index < -0.39 is 13.0 Å². The lowest BCUT2D eigenvalue weighted by molar-refractivity contribution is 0.163. The number of aromatic nitrogens is 2. The second-order valence-electron chi connectivity index (χ2n) is 2.42. The third-order valence-electron chi connectivity index (χ3n) is 1.34.